The summed E-state index contributed by atoms with van der Waals surface area (Å²) in [6, 6.07) is 6.45. The van der Waals surface area contributed by atoms with Crippen molar-refractivity contribution in [1.82, 2.24) is 5.32 Å². The Morgan fingerprint density at radius 3 is 2.53 bits per heavy atom. The molecule has 0 unspecified atom stereocenters. The van der Waals surface area contributed by atoms with E-state index in [2.05, 4.69) is 44.3 Å². The fraction of sp³-hybridized carbons (Fsp3) is 0.647. The van der Waals surface area contributed by atoms with Crippen LogP contribution in [0.15, 0.2) is 18.2 Å². The molecule has 0 radical (unpaired) electrons. The van der Waals surface area contributed by atoms with Gasteiger partial charge in [-0.2, -0.15) is 0 Å². The Bertz CT molecular complexity index is 410. The van der Waals surface area contributed by atoms with Crippen molar-refractivity contribution >= 4 is 0 Å². The van der Waals surface area contributed by atoms with Gasteiger partial charge in [0.25, 0.3) is 0 Å². The molecule has 1 fully saturated rings. The highest BCUT2D eigenvalue weighted by molar-refractivity contribution is 5.34. The van der Waals surface area contributed by atoms with E-state index >= 15 is 0 Å². The maximum absolute atomic E-state index is 6.31. The minimum atomic E-state index is 0.0996. The molecule has 1 aliphatic rings. The van der Waals surface area contributed by atoms with Crippen LogP contribution >= 0.6 is 0 Å². The molecular weight excluding hydrogens is 234 g/mol. The van der Waals surface area contributed by atoms with Crippen molar-refractivity contribution in [2.45, 2.75) is 58.5 Å². The molecule has 0 saturated heterocycles. The van der Waals surface area contributed by atoms with Gasteiger partial charge >= 0.3 is 0 Å². The van der Waals surface area contributed by atoms with Crippen LogP contribution in [-0.4, -0.2) is 18.7 Å². The van der Waals surface area contributed by atoms with Crippen molar-refractivity contribution in [3.63, 3.8) is 0 Å². The number of nitrogens with one attached hydrogen (secondary N) is 1. The van der Waals surface area contributed by atoms with Gasteiger partial charge in [0, 0.05) is 0 Å². The zero-order valence-electron chi connectivity index (χ0n) is 12.6. The molecule has 0 heterocycles. The molecule has 19 heavy (non-hydrogen) atoms. The molecule has 2 nitrogen and oxygen atoms in total. The smallest absolute Gasteiger partial charge is 0.120 e. The van der Waals surface area contributed by atoms with E-state index < -0.39 is 0 Å². The van der Waals surface area contributed by atoms with Gasteiger partial charge in [-0.3, -0.25) is 0 Å². The van der Waals surface area contributed by atoms with Crippen LogP contribution in [0.2, 0.25) is 0 Å². The summed E-state index contributed by atoms with van der Waals surface area (Å²) in [4.78, 5) is 0. The van der Waals surface area contributed by atoms with Gasteiger partial charge < -0.3 is 10.1 Å². The summed E-state index contributed by atoms with van der Waals surface area (Å²) < 4.78 is 6.31. The van der Waals surface area contributed by atoms with Gasteiger partial charge in [-0.1, -0.05) is 13.0 Å². The molecule has 1 aromatic carbocycles. The standard InChI is InChI=1S/C17H27NO/c1-4-11-18-12-10-17(8-5-9-17)19-16-7-6-14(2)15(3)13-16/h6-7,13,18H,4-5,8-12H2,1-3H3. The summed E-state index contributed by atoms with van der Waals surface area (Å²) in [6.45, 7) is 8.68. The molecule has 1 aromatic rings. The molecule has 1 aliphatic carbocycles. The van der Waals surface area contributed by atoms with Gasteiger partial charge in [0.2, 0.25) is 0 Å². The third-order valence-electron chi connectivity index (χ3n) is 4.26. The predicted molar refractivity (Wildman–Crippen MR) is 80.9 cm³/mol. The van der Waals surface area contributed by atoms with E-state index in [0.717, 1.165) is 25.3 Å². The molecule has 1 saturated carbocycles. The Hall–Kier alpha value is -1.02. The van der Waals surface area contributed by atoms with Crippen LogP contribution in [0.25, 0.3) is 0 Å². The monoisotopic (exact) mass is 261 g/mol. The number of ether oxygens (including phenoxy) is 1. The van der Waals surface area contributed by atoms with Crippen LogP contribution in [-0.2, 0) is 0 Å². The fourth-order valence-electron chi connectivity index (χ4n) is 2.62. The average molecular weight is 261 g/mol. The van der Waals surface area contributed by atoms with E-state index in [1.54, 1.807) is 0 Å². The van der Waals surface area contributed by atoms with Gasteiger partial charge in [-0.25, -0.2) is 0 Å². The van der Waals surface area contributed by atoms with Crippen molar-refractivity contribution in [2.24, 2.45) is 0 Å². The number of rotatable bonds is 7. The Kier molecular flexibility index (Phi) is 4.87. The zero-order valence-corrected chi connectivity index (χ0v) is 12.6. The third-order valence-corrected chi connectivity index (χ3v) is 4.26. The number of benzene rings is 1. The second kappa shape index (κ2) is 6.42. The van der Waals surface area contributed by atoms with E-state index in [4.69, 9.17) is 4.74 Å². The van der Waals surface area contributed by atoms with Crippen LogP contribution in [0.3, 0.4) is 0 Å². The molecule has 0 amide bonds. The number of hydrogen-bond donors (Lipinski definition) is 1. The lowest BCUT2D eigenvalue weighted by Crippen LogP contribution is -2.45. The third kappa shape index (κ3) is 3.73. The molecule has 0 bridgehead atoms. The van der Waals surface area contributed by atoms with Crippen LogP contribution in [0, 0.1) is 13.8 Å². The maximum atomic E-state index is 6.31. The lowest BCUT2D eigenvalue weighted by molar-refractivity contribution is -0.0142. The molecule has 0 atom stereocenters. The van der Waals surface area contributed by atoms with Gasteiger partial charge in [0.05, 0.1) is 0 Å². The summed E-state index contributed by atoms with van der Waals surface area (Å²) in [6.07, 6.45) is 6.03. The lowest BCUT2D eigenvalue weighted by Gasteiger charge is -2.42. The summed E-state index contributed by atoms with van der Waals surface area (Å²) >= 11 is 0. The van der Waals surface area contributed by atoms with E-state index in [1.807, 2.05) is 0 Å². The normalized spacial score (nSPS) is 17.0. The Labute approximate surface area is 117 Å². The van der Waals surface area contributed by atoms with E-state index in [-0.39, 0.29) is 5.60 Å². The maximum Gasteiger partial charge on any atom is 0.120 e. The van der Waals surface area contributed by atoms with Gasteiger partial charge in [0.15, 0.2) is 0 Å². The number of hydrogen-bond acceptors (Lipinski definition) is 2. The Morgan fingerprint density at radius 2 is 1.95 bits per heavy atom. The summed E-state index contributed by atoms with van der Waals surface area (Å²) in [7, 11) is 0. The topological polar surface area (TPSA) is 21.3 Å². The minimum Gasteiger partial charge on any atom is -0.487 e. The summed E-state index contributed by atoms with van der Waals surface area (Å²) in [5.41, 5.74) is 2.75. The second-order valence-corrected chi connectivity index (χ2v) is 5.88. The van der Waals surface area contributed by atoms with Crippen LogP contribution in [0.1, 0.15) is 50.2 Å². The van der Waals surface area contributed by atoms with Gasteiger partial charge in [-0.15, -0.1) is 0 Å². The summed E-state index contributed by atoms with van der Waals surface area (Å²) in [5, 5.41) is 3.49. The van der Waals surface area contributed by atoms with E-state index in [1.165, 1.54) is 36.8 Å². The zero-order chi connectivity index (χ0) is 13.7. The van der Waals surface area contributed by atoms with Crippen molar-refractivity contribution in [3.8, 4) is 5.75 Å². The molecule has 0 spiro atoms. The Morgan fingerprint density at radius 1 is 1.16 bits per heavy atom. The highest BCUT2D eigenvalue weighted by Crippen LogP contribution is 2.39. The molecule has 1 N–H and O–H groups in total. The lowest BCUT2D eigenvalue weighted by atomic mass is 9.77. The first-order valence-corrected chi connectivity index (χ1v) is 7.62. The van der Waals surface area contributed by atoms with Gasteiger partial charge in [0.1, 0.15) is 11.4 Å². The Balaban J connectivity index is 1.92. The largest absolute Gasteiger partial charge is 0.487 e. The van der Waals surface area contributed by atoms with Gasteiger partial charge in [-0.05, 0) is 82.3 Å². The number of aryl methyl sites for hydroxylation is 2. The molecule has 0 aliphatic heterocycles. The molecule has 0 aromatic heterocycles. The minimum absolute atomic E-state index is 0.0996. The molecule has 2 rings (SSSR count). The highest BCUT2D eigenvalue weighted by atomic mass is 16.5. The predicted octanol–water partition coefficient (Wildman–Crippen LogP) is 3.99. The molecular formula is C17H27NO. The first kappa shape index (κ1) is 14.4. The SMILES string of the molecule is CCCNCCC1(Oc2ccc(C)c(C)c2)CCC1. The van der Waals surface area contributed by atoms with Crippen LogP contribution < -0.4 is 10.1 Å². The van der Waals surface area contributed by atoms with Crippen molar-refractivity contribution in [1.29, 1.82) is 0 Å². The van der Waals surface area contributed by atoms with Crippen molar-refractivity contribution < 1.29 is 4.74 Å². The summed E-state index contributed by atoms with van der Waals surface area (Å²) in [5.74, 6) is 1.04. The van der Waals surface area contributed by atoms with Crippen molar-refractivity contribution in [2.75, 3.05) is 13.1 Å². The quantitative estimate of drug-likeness (QED) is 0.749. The molecule has 106 valence electrons. The second-order valence-electron chi connectivity index (χ2n) is 5.88. The first-order valence-electron chi connectivity index (χ1n) is 7.62. The van der Waals surface area contributed by atoms with Crippen LogP contribution in [0.4, 0.5) is 0 Å². The van der Waals surface area contributed by atoms with E-state index in [0.29, 0.717) is 0 Å². The van der Waals surface area contributed by atoms with Crippen LogP contribution in [0.5, 0.6) is 5.75 Å². The fourth-order valence-corrected chi connectivity index (χ4v) is 2.62. The van der Waals surface area contributed by atoms with E-state index in [9.17, 15) is 0 Å². The average Bonchev–Trinajstić information content (AvgIpc) is 2.35. The first-order chi connectivity index (χ1) is 9.15. The highest BCUT2D eigenvalue weighted by Gasteiger charge is 2.38. The molecule has 2 heteroatoms. The van der Waals surface area contributed by atoms with Crippen molar-refractivity contribution in [3.05, 3.63) is 29.3 Å².